The van der Waals surface area contributed by atoms with E-state index in [0.717, 1.165) is 5.56 Å². The predicted molar refractivity (Wildman–Crippen MR) is 65.4 cm³/mol. The first-order chi connectivity index (χ1) is 8.01. The average molecular weight is 256 g/mol. The molecule has 2 rings (SSSR count). The number of anilines is 1. The summed E-state index contributed by atoms with van der Waals surface area (Å²) in [5, 5.41) is 3.01. The van der Waals surface area contributed by atoms with Gasteiger partial charge in [0, 0.05) is 18.8 Å². The molecular weight excluding hydrogens is 240 g/mol. The molecule has 1 saturated heterocycles. The van der Waals surface area contributed by atoms with Crippen LogP contribution in [-0.4, -0.2) is 33.6 Å². The minimum atomic E-state index is -3.44. The van der Waals surface area contributed by atoms with E-state index in [-0.39, 0.29) is 4.90 Å². The zero-order valence-corrected chi connectivity index (χ0v) is 10.5. The standard InChI is InChI=1S/C11H16N2O3S/c1-8-6-9(2-3-10(8)12)17(14,15)11-7-13-4-5-16-11/h2-3,6,11,13H,4-5,7,12H2,1H3. The summed E-state index contributed by atoms with van der Waals surface area (Å²) in [4.78, 5) is 0.262. The Bertz CT molecular complexity index is 507. The SMILES string of the molecule is Cc1cc(S(=O)(=O)C2CNCCO2)ccc1N. The van der Waals surface area contributed by atoms with Crippen molar-refractivity contribution >= 4 is 15.5 Å². The molecule has 1 unspecified atom stereocenters. The molecule has 1 atom stereocenters. The maximum Gasteiger partial charge on any atom is 0.206 e. The van der Waals surface area contributed by atoms with Gasteiger partial charge in [0.15, 0.2) is 5.44 Å². The lowest BCUT2D eigenvalue weighted by Gasteiger charge is -2.23. The van der Waals surface area contributed by atoms with Crippen molar-refractivity contribution in [3.8, 4) is 0 Å². The third-order valence-electron chi connectivity index (χ3n) is 2.81. The van der Waals surface area contributed by atoms with Crippen molar-refractivity contribution in [1.82, 2.24) is 5.32 Å². The highest BCUT2D eigenvalue weighted by molar-refractivity contribution is 7.92. The van der Waals surface area contributed by atoms with Gasteiger partial charge in [0.2, 0.25) is 9.84 Å². The van der Waals surface area contributed by atoms with Crippen LogP contribution >= 0.6 is 0 Å². The highest BCUT2D eigenvalue weighted by Gasteiger charge is 2.30. The summed E-state index contributed by atoms with van der Waals surface area (Å²) in [6.07, 6.45) is 0. The maximum absolute atomic E-state index is 12.2. The molecule has 0 spiro atoms. The number of ether oxygens (including phenoxy) is 1. The Balaban J connectivity index is 2.33. The predicted octanol–water partition coefficient (Wildman–Crippen LogP) is 0.297. The Morgan fingerprint density at radius 2 is 2.24 bits per heavy atom. The molecule has 0 aromatic heterocycles. The lowest BCUT2D eigenvalue weighted by molar-refractivity contribution is 0.0785. The number of hydrogen-bond donors (Lipinski definition) is 2. The molecule has 3 N–H and O–H groups in total. The fourth-order valence-electron chi connectivity index (χ4n) is 1.72. The zero-order valence-electron chi connectivity index (χ0n) is 9.64. The van der Waals surface area contributed by atoms with Crippen LogP contribution in [0.1, 0.15) is 5.56 Å². The third kappa shape index (κ3) is 2.43. The van der Waals surface area contributed by atoms with E-state index in [1.807, 2.05) is 0 Å². The van der Waals surface area contributed by atoms with E-state index in [4.69, 9.17) is 10.5 Å². The van der Waals surface area contributed by atoms with E-state index in [9.17, 15) is 8.42 Å². The Morgan fingerprint density at radius 3 is 2.82 bits per heavy atom. The van der Waals surface area contributed by atoms with Crippen LogP contribution < -0.4 is 11.1 Å². The molecule has 94 valence electrons. The number of hydrogen-bond acceptors (Lipinski definition) is 5. The molecule has 17 heavy (non-hydrogen) atoms. The fourth-order valence-corrected chi connectivity index (χ4v) is 3.23. The summed E-state index contributed by atoms with van der Waals surface area (Å²) in [5.74, 6) is 0. The van der Waals surface area contributed by atoms with Gasteiger partial charge in [-0.05, 0) is 30.7 Å². The van der Waals surface area contributed by atoms with E-state index in [1.165, 1.54) is 6.07 Å². The lowest BCUT2D eigenvalue weighted by atomic mass is 10.2. The van der Waals surface area contributed by atoms with E-state index >= 15 is 0 Å². The molecule has 0 bridgehead atoms. The molecule has 0 saturated carbocycles. The van der Waals surface area contributed by atoms with E-state index in [1.54, 1.807) is 19.1 Å². The summed E-state index contributed by atoms with van der Waals surface area (Å²) < 4.78 is 29.8. The number of benzene rings is 1. The molecule has 0 amide bonds. The second kappa shape index (κ2) is 4.64. The van der Waals surface area contributed by atoms with Gasteiger partial charge in [-0.25, -0.2) is 8.42 Å². The van der Waals surface area contributed by atoms with Crippen LogP contribution in [0.15, 0.2) is 23.1 Å². The summed E-state index contributed by atoms with van der Waals surface area (Å²) in [6.45, 7) is 3.21. The molecular formula is C11H16N2O3S. The minimum Gasteiger partial charge on any atom is -0.399 e. The molecule has 0 aliphatic carbocycles. The van der Waals surface area contributed by atoms with Crippen LogP contribution in [0.5, 0.6) is 0 Å². The van der Waals surface area contributed by atoms with Gasteiger partial charge >= 0.3 is 0 Å². The Morgan fingerprint density at radius 1 is 1.47 bits per heavy atom. The van der Waals surface area contributed by atoms with Gasteiger partial charge in [0.25, 0.3) is 0 Å². The van der Waals surface area contributed by atoms with E-state index < -0.39 is 15.3 Å². The van der Waals surface area contributed by atoms with Crippen molar-refractivity contribution in [1.29, 1.82) is 0 Å². The van der Waals surface area contributed by atoms with Gasteiger partial charge in [0.1, 0.15) is 0 Å². The first-order valence-electron chi connectivity index (χ1n) is 5.44. The molecule has 1 aliphatic heterocycles. The fraction of sp³-hybridized carbons (Fsp3) is 0.455. The monoisotopic (exact) mass is 256 g/mol. The average Bonchev–Trinajstić information content (AvgIpc) is 2.33. The second-order valence-corrected chi connectivity index (χ2v) is 6.16. The summed E-state index contributed by atoms with van der Waals surface area (Å²) in [7, 11) is -3.44. The van der Waals surface area contributed by atoms with Crippen LogP contribution in [0.2, 0.25) is 0 Å². The minimum absolute atomic E-state index is 0.262. The number of nitrogens with one attached hydrogen (secondary N) is 1. The molecule has 1 aromatic carbocycles. The normalized spacial score (nSPS) is 21.4. The number of rotatable bonds is 2. The highest BCUT2D eigenvalue weighted by atomic mass is 32.2. The van der Waals surface area contributed by atoms with Crippen LogP contribution in [0.25, 0.3) is 0 Å². The van der Waals surface area contributed by atoms with Gasteiger partial charge in [-0.15, -0.1) is 0 Å². The lowest BCUT2D eigenvalue weighted by Crippen LogP contribution is -2.43. The third-order valence-corrected chi connectivity index (χ3v) is 4.72. The summed E-state index contributed by atoms with van der Waals surface area (Å²) in [5.41, 5.74) is 6.21. The number of nitrogen functional groups attached to an aromatic ring is 1. The van der Waals surface area contributed by atoms with Crippen molar-refractivity contribution < 1.29 is 13.2 Å². The van der Waals surface area contributed by atoms with Crippen molar-refractivity contribution in [3.63, 3.8) is 0 Å². The molecule has 1 fully saturated rings. The van der Waals surface area contributed by atoms with Gasteiger partial charge in [-0.3, -0.25) is 0 Å². The van der Waals surface area contributed by atoms with Crippen molar-refractivity contribution in [2.24, 2.45) is 0 Å². The number of nitrogens with two attached hydrogens (primary N) is 1. The van der Waals surface area contributed by atoms with Crippen LogP contribution in [0.4, 0.5) is 5.69 Å². The number of morpholine rings is 1. The quantitative estimate of drug-likeness (QED) is 0.744. The van der Waals surface area contributed by atoms with E-state index in [0.29, 0.717) is 25.4 Å². The second-order valence-electron chi connectivity index (χ2n) is 4.07. The van der Waals surface area contributed by atoms with Gasteiger partial charge in [0.05, 0.1) is 11.5 Å². The molecule has 0 radical (unpaired) electrons. The first kappa shape index (κ1) is 12.3. The molecule has 6 heteroatoms. The van der Waals surface area contributed by atoms with E-state index in [2.05, 4.69) is 5.32 Å². The largest absolute Gasteiger partial charge is 0.399 e. The van der Waals surface area contributed by atoms with Gasteiger partial charge in [-0.1, -0.05) is 0 Å². The van der Waals surface area contributed by atoms with Gasteiger partial charge in [-0.2, -0.15) is 0 Å². The van der Waals surface area contributed by atoms with Crippen molar-refractivity contribution in [3.05, 3.63) is 23.8 Å². The molecule has 1 aliphatic rings. The molecule has 5 nitrogen and oxygen atoms in total. The van der Waals surface area contributed by atoms with Crippen LogP contribution in [-0.2, 0) is 14.6 Å². The Labute approximate surface area is 101 Å². The topological polar surface area (TPSA) is 81.4 Å². The van der Waals surface area contributed by atoms with Crippen LogP contribution in [0.3, 0.4) is 0 Å². The van der Waals surface area contributed by atoms with Crippen molar-refractivity contribution in [2.45, 2.75) is 17.3 Å². The Kier molecular flexibility index (Phi) is 3.37. The number of sulfone groups is 1. The molecule has 1 heterocycles. The Hall–Kier alpha value is -1.11. The smallest absolute Gasteiger partial charge is 0.206 e. The van der Waals surface area contributed by atoms with Crippen molar-refractivity contribution in [2.75, 3.05) is 25.4 Å². The maximum atomic E-state index is 12.2. The summed E-state index contributed by atoms with van der Waals surface area (Å²) in [6, 6.07) is 4.72. The zero-order chi connectivity index (χ0) is 12.5. The van der Waals surface area contributed by atoms with Crippen LogP contribution in [0, 0.1) is 6.92 Å². The summed E-state index contributed by atoms with van der Waals surface area (Å²) >= 11 is 0. The molecule has 1 aromatic rings. The number of aryl methyl sites for hydroxylation is 1. The first-order valence-corrected chi connectivity index (χ1v) is 6.99. The van der Waals surface area contributed by atoms with Gasteiger partial charge < -0.3 is 15.8 Å². The highest BCUT2D eigenvalue weighted by Crippen LogP contribution is 2.21.